The number of aryl methyl sites for hydroxylation is 1. The van der Waals surface area contributed by atoms with Crippen LogP contribution in [0.1, 0.15) is 31.2 Å². The first kappa shape index (κ1) is 21.3. The summed E-state index contributed by atoms with van der Waals surface area (Å²) >= 11 is 6.02. The molecular weight excluding hydrogens is 388 g/mol. The Labute approximate surface area is 177 Å². The molecule has 1 saturated heterocycles. The van der Waals surface area contributed by atoms with Gasteiger partial charge >= 0.3 is 0 Å². The molecule has 2 aromatic rings. The molecule has 0 radical (unpaired) electrons. The zero-order valence-electron chi connectivity index (χ0n) is 17.1. The Hall–Kier alpha value is -2.40. The molecule has 29 heavy (non-hydrogen) atoms. The van der Waals surface area contributed by atoms with Crippen LogP contribution in [0.25, 0.3) is 0 Å². The second-order valence-electron chi connectivity index (χ2n) is 7.39. The number of methoxy groups -OCH3 is 1. The van der Waals surface area contributed by atoms with Gasteiger partial charge in [-0.15, -0.1) is 0 Å². The highest BCUT2D eigenvalue weighted by Crippen LogP contribution is 2.23. The van der Waals surface area contributed by atoms with Crippen LogP contribution >= 0.6 is 11.6 Å². The Morgan fingerprint density at radius 1 is 1.14 bits per heavy atom. The van der Waals surface area contributed by atoms with E-state index in [4.69, 9.17) is 21.1 Å². The minimum Gasteiger partial charge on any atom is -0.497 e. The Morgan fingerprint density at radius 2 is 1.83 bits per heavy atom. The summed E-state index contributed by atoms with van der Waals surface area (Å²) in [7, 11) is 1.67. The molecule has 156 valence electrons. The SMILES string of the molecule is COc1ccc(N2CCC(NC(=O)CCCOc3ccc(Cl)c(C)c3)CC2)cc1. The lowest BCUT2D eigenvalue weighted by molar-refractivity contribution is -0.122. The van der Waals surface area contributed by atoms with Crippen LogP contribution in [-0.4, -0.2) is 38.8 Å². The number of hydrogen-bond acceptors (Lipinski definition) is 4. The van der Waals surface area contributed by atoms with Gasteiger partial charge in [-0.1, -0.05) is 11.6 Å². The van der Waals surface area contributed by atoms with Crippen LogP contribution in [0.5, 0.6) is 11.5 Å². The summed E-state index contributed by atoms with van der Waals surface area (Å²) in [4.78, 5) is 14.6. The van der Waals surface area contributed by atoms with Crippen LogP contribution in [0.2, 0.25) is 5.02 Å². The highest BCUT2D eigenvalue weighted by molar-refractivity contribution is 6.31. The smallest absolute Gasteiger partial charge is 0.220 e. The maximum absolute atomic E-state index is 12.2. The van der Waals surface area contributed by atoms with Gasteiger partial charge in [0.05, 0.1) is 13.7 Å². The van der Waals surface area contributed by atoms with Crippen molar-refractivity contribution in [1.29, 1.82) is 0 Å². The van der Waals surface area contributed by atoms with Crippen molar-refractivity contribution in [1.82, 2.24) is 5.32 Å². The van der Waals surface area contributed by atoms with Gasteiger partial charge in [-0.3, -0.25) is 4.79 Å². The molecule has 6 heteroatoms. The number of nitrogens with zero attached hydrogens (tertiary/aromatic N) is 1. The number of rotatable bonds is 8. The van der Waals surface area contributed by atoms with Crippen molar-refractivity contribution in [3.05, 3.63) is 53.1 Å². The lowest BCUT2D eigenvalue weighted by atomic mass is 10.0. The summed E-state index contributed by atoms with van der Waals surface area (Å²) in [6, 6.07) is 14.0. The molecule has 0 atom stereocenters. The summed E-state index contributed by atoms with van der Waals surface area (Å²) in [6.45, 7) is 4.35. The molecule has 1 aliphatic rings. The molecule has 0 saturated carbocycles. The Morgan fingerprint density at radius 3 is 2.48 bits per heavy atom. The van der Waals surface area contributed by atoms with E-state index in [0.29, 0.717) is 19.4 Å². The van der Waals surface area contributed by atoms with Gasteiger partial charge in [0.1, 0.15) is 11.5 Å². The number of hydrogen-bond donors (Lipinski definition) is 1. The van der Waals surface area contributed by atoms with Crippen LogP contribution in [0, 0.1) is 6.92 Å². The first-order valence-electron chi connectivity index (χ1n) is 10.1. The molecule has 1 fully saturated rings. The van der Waals surface area contributed by atoms with Crippen molar-refractivity contribution >= 4 is 23.2 Å². The molecule has 1 aliphatic heterocycles. The first-order valence-corrected chi connectivity index (χ1v) is 10.5. The number of piperidine rings is 1. The molecule has 0 bridgehead atoms. The van der Waals surface area contributed by atoms with Crippen molar-refractivity contribution in [2.75, 3.05) is 31.7 Å². The third-order valence-electron chi connectivity index (χ3n) is 5.24. The number of anilines is 1. The molecule has 0 aliphatic carbocycles. The maximum Gasteiger partial charge on any atom is 0.220 e. The van der Waals surface area contributed by atoms with Crippen LogP contribution in [0.15, 0.2) is 42.5 Å². The quantitative estimate of drug-likeness (QED) is 0.639. The first-order chi connectivity index (χ1) is 14.0. The average molecular weight is 417 g/mol. The van der Waals surface area contributed by atoms with E-state index in [2.05, 4.69) is 22.3 Å². The zero-order chi connectivity index (χ0) is 20.6. The van der Waals surface area contributed by atoms with E-state index in [0.717, 1.165) is 48.0 Å². The summed E-state index contributed by atoms with van der Waals surface area (Å²) in [5.41, 5.74) is 2.19. The summed E-state index contributed by atoms with van der Waals surface area (Å²) in [6.07, 6.45) is 3.08. The fraction of sp³-hybridized carbons (Fsp3) is 0.435. The van der Waals surface area contributed by atoms with Gasteiger partial charge in [-0.2, -0.15) is 0 Å². The van der Waals surface area contributed by atoms with Crippen molar-refractivity contribution in [2.24, 2.45) is 0 Å². The minimum absolute atomic E-state index is 0.101. The predicted octanol–water partition coefficient (Wildman–Crippen LogP) is 4.60. The molecule has 0 aromatic heterocycles. The third kappa shape index (κ3) is 6.29. The van der Waals surface area contributed by atoms with Crippen molar-refractivity contribution in [3.8, 4) is 11.5 Å². The molecule has 3 rings (SSSR count). The van der Waals surface area contributed by atoms with E-state index in [9.17, 15) is 4.79 Å². The van der Waals surface area contributed by atoms with E-state index >= 15 is 0 Å². The number of nitrogens with one attached hydrogen (secondary N) is 1. The fourth-order valence-electron chi connectivity index (χ4n) is 3.50. The zero-order valence-corrected chi connectivity index (χ0v) is 17.9. The number of benzene rings is 2. The van der Waals surface area contributed by atoms with E-state index in [1.807, 2.05) is 37.3 Å². The van der Waals surface area contributed by atoms with Gasteiger partial charge in [0.25, 0.3) is 0 Å². The summed E-state index contributed by atoms with van der Waals surface area (Å²) < 4.78 is 10.9. The predicted molar refractivity (Wildman–Crippen MR) is 117 cm³/mol. The van der Waals surface area contributed by atoms with E-state index in [-0.39, 0.29) is 11.9 Å². The normalized spacial score (nSPS) is 14.5. The minimum atomic E-state index is 0.101. The second kappa shape index (κ2) is 10.4. The monoisotopic (exact) mass is 416 g/mol. The van der Waals surface area contributed by atoms with Gasteiger partial charge in [0.2, 0.25) is 5.91 Å². The van der Waals surface area contributed by atoms with Crippen LogP contribution in [0.3, 0.4) is 0 Å². The highest BCUT2D eigenvalue weighted by atomic mass is 35.5. The molecule has 1 N–H and O–H groups in total. The Bertz CT molecular complexity index is 802. The number of halogens is 1. The Balaban J connectivity index is 1.33. The third-order valence-corrected chi connectivity index (χ3v) is 5.67. The summed E-state index contributed by atoms with van der Waals surface area (Å²) in [5, 5.41) is 3.90. The maximum atomic E-state index is 12.2. The molecular formula is C23H29ClN2O3. The topological polar surface area (TPSA) is 50.8 Å². The van der Waals surface area contributed by atoms with Crippen molar-refractivity contribution in [2.45, 2.75) is 38.6 Å². The largest absolute Gasteiger partial charge is 0.497 e. The van der Waals surface area contributed by atoms with Gasteiger partial charge in [0, 0.05) is 36.3 Å². The lowest BCUT2D eigenvalue weighted by Gasteiger charge is -2.34. The van der Waals surface area contributed by atoms with E-state index in [1.54, 1.807) is 7.11 Å². The van der Waals surface area contributed by atoms with Gasteiger partial charge in [-0.25, -0.2) is 0 Å². The number of amides is 1. The molecule has 2 aromatic carbocycles. The molecule has 5 nitrogen and oxygen atoms in total. The summed E-state index contributed by atoms with van der Waals surface area (Å²) in [5.74, 6) is 1.76. The van der Waals surface area contributed by atoms with E-state index in [1.165, 1.54) is 5.69 Å². The van der Waals surface area contributed by atoms with Crippen LogP contribution in [0.4, 0.5) is 5.69 Å². The van der Waals surface area contributed by atoms with Gasteiger partial charge in [-0.05, 0) is 74.2 Å². The number of carbonyl (C=O) groups excluding carboxylic acids is 1. The standard InChI is InChI=1S/C23H29ClN2O3/c1-17-16-21(9-10-22(17)24)29-15-3-4-23(27)25-18-11-13-26(14-12-18)19-5-7-20(28-2)8-6-19/h5-10,16,18H,3-4,11-15H2,1-2H3,(H,25,27). The van der Waals surface area contributed by atoms with Crippen molar-refractivity contribution in [3.63, 3.8) is 0 Å². The molecule has 0 unspecified atom stereocenters. The fourth-order valence-corrected chi connectivity index (χ4v) is 3.62. The molecule has 0 spiro atoms. The second-order valence-corrected chi connectivity index (χ2v) is 7.80. The van der Waals surface area contributed by atoms with Gasteiger partial charge in [0.15, 0.2) is 0 Å². The molecule has 1 heterocycles. The van der Waals surface area contributed by atoms with Crippen LogP contribution in [-0.2, 0) is 4.79 Å². The Kier molecular flexibility index (Phi) is 7.64. The highest BCUT2D eigenvalue weighted by Gasteiger charge is 2.20. The lowest BCUT2D eigenvalue weighted by Crippen LogP contribution is -2.44. The van der Waals surface area contributed by atoms with Crippen LogP contribution < -0.4 is 19.7 Å². The van der Waals surface area contributed by atoms with Crippen molar-refractivity contribution < 1.29 is 14.3 Å². The van der Waals surface area contributed by atoms with E-state index < -0.39 is 0 Å². The number of carbonyl (C=O) groups is 1. The van der Waals surface area contributed by atoms with Gasteiger partial charge < -0.3 is 19.7 Å². The molecule has 1 amide bonds. The number of ether oxygens (including phenoxy) is 2. The average Bonchev–Trinajstić information content (AvgIpc) is 2.74.